The van der Waals surface area contributed by atoms with E-state index in [0.29, 0.717) is 37.9 Å². The van der Waals surface area contributed by atoms with Gasteiger partial charge in [-0.25, -0.2) is 4.39 Å². The van der Waals surface area contributed by atoms with E-state index < -0.39 is 17.8 Å². The number of hydrogen-bond acceptors (Lipinski definition) is 4. The van der Waals surface area contributed by atoms with Crippen molar-refractivity contribution in [1.82, 2.24) is 15.5 Å². The van der Waals surface area contributed by atoms with E-state index in [1.165, 1.54) is 24.3 Å². The molecule has 2 amide bonds. The Hall–Kier alpha value is -3.40. The number of carbonyl (C=O) groups is 2. The van der Waals surface area contributed by atoms with Gasteiger partial charge >= 0.3 is 0 Å². The largest absolute Gasteiger partial charge is 0.351 e. The highest BCUT2D eigenvalue weighted by Gasteiger charge is 2.26. The molecule has 0 spiro atoms. The Morgan fingerprint density at radius 2 is 1.76 bits per heavy atom. The molecule has 0 aliphatic carbocycles. The van der Waals surface area contributed by atoms with Crippen LogP contribution in [0, 0.1) is 17.3 Å². The van der Waals surface area contributed by atoms with Gasteiger partial charge in [0.2, 0.25) is 5.91 Å². The van der Waals surface area contributed by atoms with Crippen molar-refractivity contribution in [2.75, 3.05) is 13.1 Å². The van der Waals surface area contributed by atoms with Crippen molar-refractivity contribution in [2.24, 2.45) is 0 Å². The molecule has 0 bridgehead atoms. The summed E-state index contributed by atoms with van der Waals surface area (Å²) in [5.41, 5.74) is 1.21. The second-order valence-corrected chi connectivity index (χ2v) is 7.09. The minimum Gasteiger partial charge on any atom is -0.351 e. The molecule has 7 heteroatoms. The summed E-state index contributed by atoms with van der Waals surface area (Å²) in [6.45, 7) is 1.21. The summed E-state index contributed by atoms with van der Waals surface area (Å²) < 4.78 is 13.1. The van der Waals surface area contributed by atoms with E-state index in [1.807, 2.05) is 30.3 Å². The van der Waals surface area contributed by atoms with E-state index in [0.717, 1.165) is 5.56 Å². The molecule has 1 aliphatic rings. The third-order valence-electron chi connectivity index (χ3n) is 4.99. The summed E-state index contributed by atoms with van der Waals surface area (Å²) in [5, 5.41) is 14.7. The number of carbonyl (C=O) groups excluding carboxylic acids is 2. The van der Waals surface area contributed by atoms with Crippen LogP contribution in [0.3, 0.4) is 0 Å². The predicted octanol–water partition coefficient (Wildman–Crippen LogP) is 2.23. The minimum absolute atomic E-state index is 0.0342. The standard InChI is InChI=1S/C22H23FN4O2/c23-18-8-6-17(7-9-18)21(28)26-20(14-16-4-2-1-3-5-16)22(29)25-19-10-12-27(15-24)13-11-19/h1-9,19-20H,10-14H2,(H,25,29)(H,26,28)/t20-/m0/s1. The average Bonchev–Trinajstić information content (AvgIpc) is 2.75. The highest BCUT2D eigenvalue weighted by molar-refractivity contribution is 5.97. The highest BCUT2D eigenvalue weighted by atomic mass is 19.1. The van der Waals surface area contributed by atoms with Crippen molar-refractivity contribution < 1.29 is 14.0 Å². The molecule has 150 valence electrons. The number of benzene rings is 2. The molecule has 0 aromatic heterocycles. The van der Waals surface area contributed by atoms with Crippen molar-refractivity contribution in [2.45, 2.75) is 31.3 Å². The second-order valence-electron chi connectivity index (χ2n) is 7.09. The van der Waals surface area contributed by atoms with Crippen LogP contribution in [0.15, 0.2) is 54.6 Å². The van der Waals surface area contributed by atoms with Crippen molar-refractivity contribution in [3.63, 3.8) is 0 Å². The maximum atomic E-state index is 13.1. The van der Waals surface area contributed by atoms with Crippen LogP contribution in [-0.2, 0) is 11.2 Å². The Kier molecular flexibility index (Phi) is 6.80. The lowest BCUT2D eigenvalue weighted by atomic mass is 10.0. The maximum Gasteiger partial charge on any atom is 0.251 e. The molecule has 1 fully saturated rings. The van der Waals surface area contributed by atoms with Crippen LogP contribution < -0.4 is 10.6 Å². The quantitative estimate of drug-likeness (QED) is 0.736. The van der Waals surface area contributed by atoms with Crippen LogP contribution in [0.25, 0.3) is 0 Å². The van der Waals surface area contributed by atoms with Gasteiger partial charge in [0, 0.05) is 31.1 Å². The number of piperidine rings is 1. The molecular weight excluding hydrogens is 371 g/mol. The van der Waals surface area contributed by atoms with Gasteiger partial charge in [0.15, 0.2) is 6.19 Å². The molecule has 6 nitrogen and oxygen atoms in total. The van der Waals surface area contributed by atoms with Gasteiger partial charge in [-0.2, -0.15) is 5.26 Å². The number of nitrogens with one attached hydrogen (secondary N) is 2. The van der Waals surface area contributed by atoms with Crippen LogP contribution in [0.4, 0.5) is 4.39 Å². The van der Waals surface area contributed by atoms with Gasteiger partial charge in [0.25, 0.3) is 5.91 Å². The van der Waals surface area contributed by atoms with Gasteiger partial charge in [-0.15, -0.1) is 0 Å². The summed E-state index contributed by atoms with van der Waals surface area (Å²) >= 11 is 0. The van der Waals surface area contributed by atoms with Crippen LogP contribution in [-0.4, -0.2) is 41.9 Å². The SMILES string of the molecule is N#CN1CCC(NC(=O)[C@H](Cc2ccccc2)NC(=O)c2ccc(F)cc2)CC1. The maximum absolute atomic E-state index is 13.1. The minimum atomic E-state index is -0.760. The monoisotopic (exact) mass is 394 g/mol. The number of rotatable bonds is 6. The molecule has 2 N–H and O–H groups in total. The summed E-state index contributed by atoms with van der Waals surface area (Å²) in [5.74, 6) is -1.12. The predicted molar refractivity (Wildman–Crippen MR) is 106 cm³/mol. The Bertz CT molecular complexity index is 872. The Labute approximate surface area is 169 Å². The Morgan fingerprint density at radius 3 is 2.38 bits per heavy atom. The van der Waals surface area contributed by atoms with Gasteiger partial charge in [0.05, 0.1) is 0 Å². The van der Waals surface area contributed by atoms with Crippen molar-refractivity contribution >= 4 is 11.8 Å². The summed E-state index contributed by atoms with van der Waals surface area (Å²) in [7, 11) is 0. The molecule has 0 saturated carbocycles. The first-order chi connectivity index (χ1) is 14.0. The third kappa shape index (κ3) is 5.79. The van der Waals surface area contributed by atoms with Crippen LogP contribution >= 0.6 is 0 Å². The van der Waals surface area contributed by atoms with Crippen LogP contribution in [0.2, 0.25) is 0 Å². The molecule has 1 heterocycles. The fourth-order valence-corrected chi connectivity index (χ4v) is 3.33. The van der Waals surface area contributed by atoms with Crippen molar-refractivity contribution in [3.8, 4) is 6.19 Å². The van der Waals surface area contributed by atoms with E-state index in [4.69, 9.17) is 5.26 Å². The first-order valence-corrected chi connectivity index (χ1v) is 9.60. The number of nitriles is 1. The molecule has 29 heavy (non-hydrogen) atoms. The van der Waals surface area contributed by atoms with E-state index in [2.05, 4.69) is 16.8 Å². The van der Waals surface area contributed by atoms with Crippen LogP contribution in [0.1, 0.15) is 28.8 Å². The topological polar surface area (TPSA) is 85.2 Å². The lowest BCUT2D eigenvalue weighted by Crippen LogP contribution is -2.52. The zero-order valence-corrected chi connectivity index (χ0v) is 16.0. The third-order valence-corrected chi connectivity index (χ3v) is 4.99. The van der Waals surface area contributed by atoms with E-state index in [9.17, 15) is 14.0 Å². The zero-order valence-electron chi connectivity index (χ0n) is 16.0. The number of likely N-dealkylation sites (tertiary alicyclic amines) is 1. The van der Waals surface area contributed by atoms with E-state index >= 15 is 0 Å². The van der Waals surface area contributed by atoms with Crippen LogP contribution in [0.5, 0.6) is 0 Å². The fraction of sp³-hybridized carbons (Fsp3) is 0.318. The number of nitrogens with zero attached hydrogens (tertiary/aromatic N) is 2. The lowest BCUT2D eigenvalue weighted by Gasteiger charge is -2.30. The first-order valence-electron chi connectivity index (χ1n) is 9.60. The molecule has 3 rings (SSSR count). The Morgan fingerprint density at radius 1 is 1.10 bits per heavy atom. The number of halogens is 1. The first kappa shape index (κ1) is 20.3. The molecule has 1 atom stereocenters. The summed E-state index contributed by atoms with van der Waals surface area (Å²) in [4.78, 5) is 27.2. The molecule has 0 unspecified atom stereocenters. The van der Waals surface area contributed by atoms with Gasteiger partial charge in [0.1, 0.15) is 11.9 Å². The van der Waals surface area contributed by atoms with Gasteiger partial charge in [-0.1, -0.05) is 30.3 Å². The summed E-state index contributed by atoms with van der Waals surface area (Å²) in [6, 6.07) is 13.8. The lowest BCUT2D eigenvalue weighted by molar-refractivity contribution is -0.123. The molecule has 1 aliphatic heterocycles. The zero-order chi connectivity index (χ0) is 20.6. The highest BCUT2D eigenvalue weighted by Crippen LogP contribution is 2.11. The fourth-order valence-electron chi connectivity index (χ4n) is 3.33. The van der Waals surface area contributed by atoms with Crippen molar-refractivity contribution in [1.29, 1.82) is 5.26 Å². The number of amides is 2. The molecule has 0 radical (unpaired) electrons. The smallest absolute Gasteiger partial charge is 0.251 e. The molecule has 2 aromatic carbocycles. The normalized spacial score (nSPS) is 15.2. The van der Waals surface area contributed by atoms with Crippen molar-refractivity contribution in [3.05, 3.63) is 71.5 Å². The number of hydrogen-bond donors (Lipinski definition) is 2. The average molecular weight is 394 g/mol. The Balaban J connectivity index is 1.68. The van der Waals surface area contributed by atoms with E-state index in [-0.39, 0.29) is 11.9 Å². The molecule has 2 aromatic rings. The second kappa shape index (κ2) is 9.69. The van der Waals surface area contributed by atoms with Gasteiger partial charge in [-0.3, -0.25) is 9.59 Å². The molecule has 1 saturated heterocycles. The van der Waals surface area contributed by atoms with Gasteiger partial charge < -0.3 is 15.5 Å². The molecular formula is C22H23FN4O2. The van der Waals surface area contributed by atoms with E-state index in [1.54, 1.807) is 4.90 Å². The van der Waals surface area contributed by atoms with Gasteiger partial charge in [-0.05, 0) is 42.7 Å². The summed E-state index contributed by atoms with van der Waals surface area (Å²) in [6.07, 6.45) is 3.83.